The molecule has 0 atom stereocenters. The van der Waals surface area contributed by atoms with Crippen LogP contribution in [0.1, 0.15) is 10.4 Å². The number of hydrogen-bond donors (Lipinski definition) is 0. The molecule has 2 aromatic carbocycles. The molecular formula is C17H15Cl2NO3S. The maximum atomic E-state index is 12.9. The van der Waals surface area contributed by atoms with Crippen LogP contribution >= 0.6 is 23.2 Å². The zero-order chi connectivity index (χ0) is 17.9. The number of benzene rings is 2. The van der Waals surface area contributed by atoms with Gasteiger partial charge in [0.2, 0.25) is 15.6 Å². The van der Waals surface area contributed by atoms with Crippen molar-refractivity contribution in [2.75, 3.05) is 14.1 Å². The Labute approximate surface area is 151 Å². The summed E-state index contributed by atoms with van der Waals surface area (Å²) < 4.78 is 25.8. The SMILES string of the molecule is CN(C)/C=C(/C(=O)c1ccc(Cl)cc1)S(=O)(=O)c1ccc(Cl)cc1. The lowest BCUT2D eigenvalue weighted by atomic mass is 10.1. The maximum Gasteiger partial charge on any atom is 0.211 e. The molecule has 0 bridgehead atoms. The molecule has 0 N–H and O–H groups in total. The third-order valence-electron chi connectivity index (χ3n) is 3.12. The predicted molar refractivity (Wildman–Crippen MR) is 96.2 cm³/mol. The topological polar surface area (TPSA) is 54.5 Å². The summed E-state index contributed by atoms with van der Waals surface area (Å²) in [5.74, 6) is -0.602. The third-order valence-corrected chi connectivity index (χ3v) is 5.39. The second-order valence-corrected chi connectivity index (χ2v) is 8.04. The fraction of sp³-hybridized carbons (Fsp3) is 0.118. The molecular weight excluding hydrogens is 369 g/mol. The van der Waals surface area contributed by atoms with Crippen molar-refractivity contribution in [1.82, 2.24) is 4.90 Å². The third kappa shape index (κ3) is 4.17. The molecule has 7 heteroatoms. The Morgan fingerprint density at radius 1 is 0.917 bits per heavy atom. The molecule has 24 heavy (non-hydrogen) atoms. The van der Waals surface area contributed by atoms with Crippen molar-refractivity contribution < 1.29 is 13.2 Å². The summed E-state index contributed by atoms with van der Waals surface area (Å²) in [7, 11) is -0.701. The van der Waals surface area contributed by atoms with Gasteiger partial charge in [0, 0.05) is 35.9 Å². The normalized spacial score (nSPS) is 12.1. The van der Waals surface area contributed by atoms with E-state index in [9.17, 15) is 13.2 Å². The van der Waals surface area contributed by atoms with Crippen molar-refractivity contribution in [3.8, 4) is 0 Å². The number of rotatable bonds is 5. The highest BCUT2D eigenvalue weighted by atomic mass is 35.5. The summed E-state index contributed by atoms with van der Waals surface area (Å²) in [5, 5.41) is 0.876. The van der Waals surface area contributed by atoms with Gasteiger partial charge in [-0.15, -0.1) is 0 Å². The zero-order valence-corrected chi connectivity index (χ0v) is 15.4. The molecule has 0 radical (unpaired) electrons. The molecule has 126 valence electrons. The van der Waals surface area contributed by atoms with Crippen molar-refractivity contribution >= 4 is 38.8 Å². The second-order valence-electron chi connectivity index (χ2n) is 5.25. The van der Waals surface area contributed by atoms with Gasteiger partial charge in [0.25, 0.3) is 0 Å². The fourth-order valence-electron chi connectivity index (χ4n) is 1.97. The van der Waals surface area contributed by atoms with Gasteiger partial charge in [-0.05, 0) is 48.5 Å². The molecule has 0 spiro atoms. The summed E-state index contributed by atoms with van der Waals surface area (Å²) in [6.45, 7) is 0. The number of allylic oxidation sites excluding steroid dienone is 1. The molecule has 0 saturated heterocycles. The number of carbonyl (C=O) groups is 1. The number of halogens is 2. The first-order chi connectivity index (χ1) is 11.2. The summed E-state index contributed by atoms with van der Waals surface area (Å²) in [6.07, 6.45) is 1.29. The highest BCUT2D eigenvalue weighted by molar-refractivity contribution is 7.96. The first-order valence-electron chi connectivity index (χ1n) is 6.91. The van der Waals surface area contributed by atoms with Crippen LogP contribution < -0.4 is 0 Å². The molecule has 0 aliphatic heterocycles. The molecule has 2 rings (SSSR count). The number of carbonyl (C=O) groups excluding carboxylic acids is 1. The summed E-state index contributed by atoms with van der Waals surface area (Å²) >= 11 is 11.6. The standard InChI is InChI=1S/C17H15Cl2NO3S/c1-20(2)11-16(17(21)12-3-5-13(18)6-4-12)24(22,23)15-9-7-14(19)8-10-15/h3-11H,1-2H3/b16-11-. The number of hydrogen-bond acceptors (Lipinski definition) is 4. The van der Waals surface area contributed by atoms with Crippen molar-refractivity contribution in [1.29, 1.82) is 0 Å². The van der Waals surface area contributed by atoms with Gasteiger partial charge in [0.1, 0.15) is 4.91 Å². The molecule has 0 aliphatic carbocycles. The molecule has 4 nitrogen and oxygen atoms in total. The van der Waals surface area contributed by atoms with E-state index in [-0.39, 0.29) is 15.4 Å². The van der Waals surface area contributed by atoms with E-state index in [0.29, 0.717) is 10.0 Å². The monoisotopic (exact) mass is 383 g/mol. The lowest BCUT2D eigenvalue weighted by molar-refractivity contribution is 0.104. The minimum absolute atomic E-state index is 0.00214. The van der Waals surface area contributed by atoms with E-state index in [0.717, 1.165) is 0 Å². The van der Waals surface area contributed by atoms with Crippen LogP contribution in [0.2, 0.25) is 10.0 Å². The van der Waals surface area contributed by atoms with E-state index in [2.05, 4.69) is 0 Å². The molecule has 0 aliphatic rings. The van der Waals surface area contributed by atoms with E-state index in [1.54, 1.807) is 14.1 Å². The Hall–Kier alpha value is -1.82. The molecule has 0 amide bonds. The lowest BCUT2D eigenvalue weighted by Crippen LogP contribution is -2.18. The summed E-state index contributed by atoms with van der Waals surface area (Å²) in [6, 6.07) is 11.7. The van der Waals surface area contributed by atoms with Crippen molar-refractivity contribution in [3.63, 3.8) is 0 Å². The smallest absolute Gasteiger partial charge is 0.211 e. The molecule has 0 heterocycles. The zero-order valence-electron chi connectivity index (χ0n) is 13.0. The van der Waals surface area contributed by atoms with E-state index < -0.39 is 15.6 Å². The van der Waals surface area contributed by atoms with Gasteiger partial charge in [-0.3, -0.25) is 4.79 Å². The Kier molecular flexibility index (Phi) is 5.70. The van der Waals surface area contributed by atoms with Crippen LogP contribution in [-0.2, 0) is 9.84 Å². The number of sulfone groups is 1. The highest BCUT2D eigenvalue weighted by Gasteiger charge is 2.28. The van der Waals surface area contributed by atoms with Crippen LogP contribution in [0.4, 0.5) is 0 Å². The summed E-state index contributed by atoms with van der Waals surface area (Å²) in [4.78, 5) is 13.9. The Bertz CT molecular complexity index is 871. The Morgan fingerprint density at radius 2 is 1.38 bits per heavy atom. The van der Waals surface area contributed by atoms with Crippen LogP contribution in [-0.4, -0.2) is 33.2 Å². The summed E-state index contributed by atoms with van der Waals surface area (Å²) in [5.41, 5.74) is 0.241. The van der Waals surface area contributed by atoms with Crippen LogP contribution in [0.25, 0.3) is 0 Å². The predicted octanol–water partition coefficient (Wildman–Crippen LogP) is 4.05. The lowest BCUT2D eigenvalue weighted by Gasteiger charge is -2.12. The molecule has 0 unspecified atom stereocenters. The quantitative estimate of drug-likeness (QED) is 0.577. The minimum Gasteiger partial charge on any atom is -0.382 e. The van der Waals surface area contributed by atoms with Crippen molar-refractivity contribution in [2.24, 2.45) is 0 Å². The van der Waals surface area contributed by atoms with Crippen LogP contribution in [0.3, 0.4) is 0 Å². The molecule has 2 aromatic rings. The second kappa shape index (κ2) is 7.38. The van der Waals surface area contributed by atoms with Gasteiger partial charge in [-0.1, -0.05) is 23.2 Å². The minimum atomic E-state index is -3.99. The van der Waals surface area contributed by atoms with Crippen molar-refractivity contribution in [3.05, 3.63) is 75.2 Å². The maximum absolute atomic E-state index is 12.9. The Morgan fingerprint density at radius 3 is 1.83 bits per heavy atom. The van der Waals surface area contributed by atoms with Crippen molar-refractivity contribution in [2.45, 2.75) is 4.90 Å². The fourth-order valence-corrected chi connectivity index (χ4v) is 3.68. The number of nitrogens with zero attached hydrogens (tertiary/aromatic N) is 1. The van der Waals surface area contributed by atoms with Crippen LogP contribution in [0.5, 0.6) is 0 Å². The van der Waals surface area contributed by atoms with Gasteiger partial charge in [-0.25, -0.2) is 8.42 Å². The van der Waals surface area contributed by atoms with Gasteiger partial charge in [-0.2, -0.15) is 0 Å². The van der Waals surface area contributed by atoms with E-state index in [1.165, 1.54) is 59.6 Å². The molecule has 0 fully saturated rings. The molecule has 0 aromatic heterocycles. The first-order valence-corrected chi connectivity index (χ1v) is 9.15. The molecule has 0 saturated carbocycles. The average molecular weight is 384 g/mol. The average Bonchev–Trinajstić information content (AvgIpc) is 2.53. The van der Waals surface area contributed by atoms with Crippen LogP contribution in [0, 0.1) is 0 Å². The first kappa shape index (κ1) is 18.5. The Balaban J connectivity index is 2.54. The highest BCUT2D eigenvalue weighted by Crippen LogP contribution is 2.25. The van der Waals surface area contributed by atoms with E-state index in [1.807, 2.05) is 0 Å². The largest absolute Gasteiger partial charge is 0.382 e. The van der Waals surface area contributed by atoms with Crippen LogP contribution in [0.15, 0.2) is 64.5 Å². The van der Waals surface area contributed by atoms with Gasteiger partial charge >= 0.3 is 0 Å². The van der Waals surface area contributed by atoms with Gasteiger partial charge in [0.15, 0.2) is 0 Å². The van der Waals surface area contributed by atoms with E-state index >= 15 is 0 Å². The van der Waals surface area contributed by atoms with Gasteiger partial charge in [0.05, 0.1) is 4.90 Å². The number of Topliss-reactive ketones (excluding diaryl/α,β-unsaturated/α-hetero) is 1. The van der Waals surface area contributed by atoms with E-state index in [4.69, 9.17) is 23.2 Å². The number of ketones is 1. The van der Waals surface area contributed by atoms with Gasteiger partial charge < -0.3 is 4.90 Å².